The number of pyridine rings is 1. The fraction of sp³-hybridized carbons (Fsp3) is 0.103. The van der Waals surface area contributed by atoms with E-state index in [2.05, 4.69) is 9.98 Å². The molecule has 0 radical (unpaired) electrons. The fourth-order valence-corrected chi connectivity index (χ4v) is 5.16. The Hall–Kier alpha value is -4.43. The molecule has 2 aliphatic rings. The molecular formula is C29H21ClF2N4O2. The minimum absolute atomic E-state index is 0.0167. The van der Waals surface area contributed by atoms with Crippen molar-refractivity contribution in [2.45, 2.75) is 6.42 Å². The Morgan fingerprint density at radius 3 is 2.68 bits per heavy atom. The van der Waals surface area contributed by atoms with Gasteiger partial charge in [-0.1, -0.05) is 17.7 Å². The average Bonchev–Trinajstić information content (AvgIpc) is 3.09. The molecule has 6 rings (SSSR count). The van der Waals surface area contributed by atoms with Crippen LogP contribution in [0.1, 0.15) is 11.1 Å². The Balaban J connectivity index is 1.51. The lowest BCUT2D eigenvalue weighted by molar-refractivity contribution is -0.117. The molecule has 2 N–H and O–H groups in total. The molecule has 1 amide bonds. The maximum absolute atomic E-state index is 14.3. The summed E-state index contributed by atoms with van der Waals surface area (Å²) in [7, 11) is 1.84. The quantitative estimate of drug-likeness (QED) is 0.424. The molecule has 1 aliphatic heterocycles. The summed E-state index contributed by atoms with van der Waals surface area (Å²) in [6, 6.07) is 12.1. The largest absolute Gasteiger partial charge is 0.494 e. The molecule has 0 saturated heterocycles. The smallest absolute Gasteiger partial charge is 0.250 e. The number of nitrogens with one attached hydrogen (secondary N) is 1. The monoisotopic (exact) mass is 530 g/mol. The molecule has 0 bridgehead atoms. The lowest BCUT2D eigenvalue weighted by Crippen LogP contribution is -2.39. The molecule has 0 spiro atoms. The van der Waals surface area contributed by atoms with Gasteiger partial charge in [0.25, 0.3) is 5.91 Å². The van der Waals surface area contributed by atoms with Crippen molar-refractivity contribution in [1.29, 1.82) is 0 Å². The molecule has 0 saturated carbocycles. The van der Waals surface area contributed by atoms with Gasteiger partial charge >= 0.3 is 0 Å². The third kappa shape index (κ3) is 4.03. The van der Waals surface area contributed by atoms with Crippen LogP contribution in [-0.2, 0) is 18.3 Å². The molecule has 38 heavy (non-hydrogen) atoms. The number of carbonyl (C=O) groups is 1. The van der Waals surface area contributed by atoms with E-state index in [1.807, 2.05) is 34.7 Å². The number of amides is 1. The van der Waals surface area contributed by atoms with E-state index in [9.17, 15) is 18.7 Å². The van der Waals surface area contributed by atoms with Gasteiger partial charge in [-0.15, -0.1) is 0 Å². The lowest BCUT2D eigenvalue weighted by Gasteiger charge is -2.26. The van der Waals surface area contributed by atoms with Crippen LogP contribution >= 0.6 is 11.6 Å². The molecule has 4 aromatic rings. The number of aromatic amines is 1. The van der Waals surface area contributed by atoms with Crippen molar-refractivity contribution in [3.05, 3.63) is 105 Å². The van der Waals surface area contributed by atoms with Gasteiger partial charge < -0.3 is 19.6 Å². The minimum Gasteiger partial charge on any atom is -0.494 e. The van der Waals surface area contributed by atoms with Gasteiger partial charge in [-0.2, -0.15) is 0 Å². The van der Waals surface area contributed by atoms with Crippen LogP contribution < -0.4 is 20.8 Å². The van der Waals surface area contributed by atoms with Crippen molar-refractivity contribution in [3.63, 3.8) is 0 Å². The van der Waals surface area contributed by atoms with Gasteiger partial charge in [0.1, 0.15) is 11.6 Å². The number of carbonyl (C=O) groups excluding carboxylic acids is 1. The highest BCUT2D eigenvalue weighted by Crippen LogP contribution is 2.31. The van der Waals surface area contributed by atoms with Crippen LogP contribution in [0.15, 0.2) is 65.8 Å². The number of H-pyrrole nitrogens is 1. The molecule has 0 atom stereocenters. The first-order chi connectivity index (χ1) is 18.3. The molecule has 0 unspecified atom stereocenters. The third-order valence-electron chi connectivity index (χ3n) is 6.76. The number of fused-ring (bicyclic) bond motifs is 2. The van der Waals surface area contributed by atoms with Crippen molar-refractivity contribution in [2.24, 2.45) is 12.0 Å². The summed E-state index contributed by atoms with van der Waals surface area (Å²) in [4.78, 5) is 22.3. The van der Waals surface area contributed by atoms with Crippen LogP contribution in [0.2, 0.25) is 5.02 Å². The summed E-state index contributed by atoms with van der Waals surface area (Å²) < 4.78 is 29.7. The van der Waals surface area contributed by atoms with Crippen molar-refractivity contribution in [1.82, 2.24) is 9.55 Å². The second-order valence-corrected chi connectivity index (χ2v) is 9.58. The zero-order valence-electron chi connectivity index (χ0n) is 20.2. The Morgan fingerprint density at radius 2 is 1.92 bits per heavy atom. The van der Waals surface area contributed by atoms with Crippen LogP contribution in [0.3, 0.4) is 0 Å². The topological polar surface area (TPSA) is 73.6 Å². The number of anilines is 1. The maximum atomic E-state index is 14.3. The molecule has 9 heteroatoms. The first-order valence-corrected chi connectivity index (χ1v) is 12.3. The van der Waals surface area contributed by atoms with E-state index in [0.29, 0.717) is 28.7 Å². The van der Waals surface area contributed by atoms with Gasteiger partial charge in [0.05, 0.1) is 28.7 Å². The number of hydrogen-bond acceptors (Lipinski definition) is 3. The molecule has 190 valence electrons. The normalized spacial score (nSPS) is 14.2. The SMILES string of the molecule is Cn1ccc(=NC(=O)Cc2ccc(Cl)cc2F)c2c1-c1c(O)[nH]c3c1=C(C=C2)N(c1ccc(F)cc1)CC=3. The highest BCUT2D eigenvalue weighted by Gasteiger charge is 2.26. The van der Waals surface area contributed by atoms with E-state index >= 15 is 0 Å². The number of hydrogen-bond donors (Lipinski definition) is 2. The first kappa shape index (κ1) is 23.9. The highest BCUT2D eigenvalue weighted by atomic mass is 35.5. The number of aromatic nitrogens is 2. The molecule has 2 aromatic heterocycles. The molecule has 6 nitrogen and oxygen atoms in total. The van der Waals surface area contributed by atoms with Crippen LogP contribution in [0.25, 0.3) is 29.1 Å². The number of benzene rings is 2. The van der Waals surface area contributed by atoms with Crippen LogP contribution in [0, 0.1) is 11.6 Å². The Bertz CT molecular complexity index is 1850. The second kappa shape index (κ2) is 9.15. The highest BCUT2D eigenvalue weighted by molar-refractivity contribution is 6.30. The van der Waals surface area contributed by atoms with Crippen molar-refractivity contribution in [2.75, 3.05) is 11.4 Å². The van der Waals surface area contributed by atoms with Crippen LogP contribution in [0.5, 0.6) is 5.88 Å². The van der Waals surface area contributed by atoms with Crippen molar-refractivity contribution >= 4 is 41.0 Å². The van der Waals surface area contributed by atoms with Gasteiger partial charge in [-0.25, -0.2) is 13.8 Å². The zero-order chi connectivity index (χ0) is 26.6. The van der Waals surface area contributed by atoms with E-state index in [1.54, 1.807) is 24.4 Å². The number of aromatic hydroxyl groups is 1. The summed E-state index contributed by atoms with van der Waals surface area (Å²) in [5.74, 6) is -1.43. The maximum Gasteiger partial charge on any atom is 0.250 e. The Kier molecular flexibility index (Phi) is 5.76. The van der Waals surface area contributed by atoms with Gasteiger partial charge in [-0.05, 0) is 66.3 Å². The average molecular weight is 531 g/mol. The Morgan fingerprint density at radius 1 is 1.13 bits per heavy atom. The van der Waals surface area contributed by atoms with Gasteiger partial charge in [0, 0.05) is 46.6 Å². The predicted molar refractivity (Wildman–Crippen MR) is 142 cm³/mol. The number of aryl methyl sites for hydroxylation is 1. The number of rotatable bonds is 3. The molecule has 2 aromatic carbocycles. The second-order valence-electron chi connectivity index (χ2n) is 9.14. The van der Waals surface area contributed by atoms with Crippen LogP contribution in [-0.4, -0.2) is 27.1 Å². The molecular weight excluding hydrogens is 510 g/mol. The minimum atomic E-state index is -0.566. The summed E-state index contributed by atoms with van der Waals surface area (Å²) in [5, 5.41) is 13.2. The lowest BCUT2D eigenvalue weighted by atomic mass is 10.1. The summed E-state index contributed by atoms with van der Waals surface area (Å²) in [6.45, 7) is 0.503. The molecule has 1 aliphatic carbocycles. The summed E-state index contributed by atoms with van der Waals surface area (Å²) >= 11 is 5.83. The van der Waals surface area contributed by atoms with Crippen molar-refractivity contribution < 1.29 is 18.7 Å². The molecule has 0 fully saturated rings. The first-order valence-electron chi connectivity index (χ1n) is 11.9. The van der Waals surface area contributed by atoms with E-state index in [4.69, 9.17) is 11.6 Å². The van der Waals surface area contributed by atoms with E-state index in [0.717, 1.165) is 28.0 Å². The van der Waals surface area contributed by atoms with E-state index in [-0.39, 0.29) is 28.7 Å². The van der Waals surface area contributed by atoms with Gasteiger partial charge in [-0.3, -0.25) is 4.79 Å². The van der Waals surface area contributed by atoms with Gasteiger partial charge in [0.15, 0.2) is 5.88 Å². The number of halogens is 3. The molecule has 3 heterocycles. The zero-order valence-corrected chi connectivity index (χ0v) is 20.9. The third-order valence-corrected chi connectivity index (χ3v) is 6.99. The van der Waals surface area contributed by atoms with Crippen molar-refractivity contribution in [3.8, 4) is 17.1 Å². The Labute approximate surface area is 220 Å². The fourth-order valence-electron chi connectivity index (χ4n) is 5.01. The van der Waals surface area contributed by atoms with Crippen LogP contribution in [0.4, 0.5) is 14.5 Å². The van der Waals surface area contributed by atoms with E-state index in [1.165, 1.54) is 24.3 Å². The summed E-state index contributed by atoms with van der Waals surface area (Å²) in [5.41, 5.74) is 3.64. The summed E-state index contributed by atoms with van der Waals surface area (Å²) in [6.07, 6.45) is 7.25. The predicted octanol–water partition coefficient (Wildman–Crippen LogP) is 3.76. The standard InChI is InChI=1S/C29H21ClF2N4O2/c1-35-12-10-22(33-25(37)14-16-2-3-17(30)15-21(16)32)20-8-9-24-26-23(34-29(38)27(26)28(20)35)11-13-36(24)19-6-4-18(31)5-7-19/h2-12,15,34,38H,13-14H2,1H3. The van der Waals surface area contributed by atoms with E-state index < -0.39 is 11.7 Å². The van der Waals surface area contributed by atoms with Gasteiger partial charge in [0.2, 0.25) is 0 Å². The number of nitrogens with zero attached hydrogens (tertiary/aromatic N) is 3.